The van der Waals surface area contributed by atoms with E-state index in [9.17, 15) is 0 Å². The number of hydrogen-bond acceptors (Lipinski definition) is 4. The van der Waals surface area contributed by atoms with Crippen molar-refractivity contribution in [2.75, 3.05) is 14.2 Å². The van der Waals surface area contributed by atoms with Gasteiger partial charge in [-0.25, -0.2) is 0 Å². The Morgan fingerprint density at radius 3 is 2.41 bits per heavy atom. The lowest BCUT2D eigenvalue weighted by Gasteiger charge is -2.04. The minimum Gasteiger partial charge on any atom is -0.497 e. The standard InChI is InChI=1S/C17H17N3O2/c1-21-16-5-3-13(4-6-16)11-20-12-15(9-19-20)14-7-17(22-2)10-18-8-14/h3-10,12H,11H2,1-2H3. The third kappa shape index (κ3) is 3.09. The summed E-state index contributed by atoms with van der Waals surface area (Å²) in [4.78, 5) is 4.17. The molecule has 0 bridgehead atoms. The number of hydrogen-bond donors (Lipinski definition) is 0. The lowest BCUT2D eigenvalue weighted by molar-refractivity contribution is 0.413. The molecule has 0 radical (unpaired) electrons. The highest BCUT2D eigenvalue weighted by molar-refractivity contribution is 5.62. The predicted molar refractivity (Wildman–Crippen MR) is 84.1 cm³/mol. The van der Waals surface area contributed by atoms with Gasteiger partial charge in [-0.05, 0) is 23.8 Å². The SMILES string of the molecule is COc1ccc(Cn2cc(-c3cncc(OC)c3)cn2)cc1. The molecule has 1 aromatic carbocycles. The number of aromatic nitrogens is 3. The molecule has 0 atom stereocenters. The lowest BCUT2D eigenvalue weighted by atomic mass is 10.1. The molecule has 5 heteroatoms. The van der Waals surface area contributed by atoms with Crippen LogP contribution in [0, 0.1) is 0 Å². The Labute approximate surface area is 129 Å². The van der Waals surface area contributed by atoms with Gasteiger partial charge in [0.25, 0.3) is 0 Å². The van der Waals surface area contributed by atoms with Gasteiger partial charge in [0.2, 0.25) is 0 Å². The van der Waals surface area contributed by atoms with Gasteiger partial charge in [-0.2, -0.15) is 5.10 Å². The number of methoxy groups -OCH3 is 2. The van der Waals surface area contributed by atoms with Crippen LogP contribution in [0.3, 0.4) is 0 Å². The zero-order valence-electron chi connectivity index (χ0n) is 12.6. The number of benzene rings is 1. The summed E-state index contributed by atoms with van der Waals surface area (Å²) in [6.45, 7) is 0.710. The van der Waals surface area contributed by atoms with Crippen LogP contribution >= 0.6 is 0 Å². The van der Waals surface area contributed by atoms with Gasteiger partial charge in [-0.1, -0.05) is 12.1 Å². The van der Waals surface area contributed by atoms with E-state index in [1.165, 1.54) is 5.56 Å². The topological polar surface area (TPSA) is 49.2 Å². The Bertz CT molecular complexity index is 751. The molecule has 0 aliphatic heterocycles. The van der Waals surface area contributed by atoms with Crippen molar-refractivity contribution in [1.82, 2.24) is 14.8 Å². The lowest BCUT2D eigenvalue weighted by Crippen LogP contribution is -1.99. The fourth-order valence-electron chi connectivity index (χ4n) is 2.21. The van der Waals surface area contributed by atoms with Crippen molar-refractivity contribution in [2.45, 2.75) is 6.54 Å². The molecule has 0 N–H and O–H groups in total. The summed E-state index contributed by atoms with van der Waals surface area (Å²) in [6.07, 6.45) is 7.32. The van der Waals surface area contributed by atoms with Crippen molar-refractivity contribution in [3.8, 4) is 22.6 Å². The molecule has 0 amide bonds. The van der Waals surface area contributed by atoms with Crippen molar-refractivity contribution in [3.63, 3.8) is 0 Å². The summed E-state index contributed by atoms with van der Waals surface area (Å²) in [5, 5.41) is 4.40. The molecule has 112 valence electrons. The minimum absolute atomic E-state index is 0.710. The van der Waals surface area contributed by atoms with Crippen LogP contribution in [0.1, 0.15) is 5.56 Å². The number of nitrogens with zero attached hydrogens (tertiary/aromatic N) is 3. The maximum atomic E-state index is 5.20. The Balaban J connectivity index is 1.77. The van der Waals surface area contributed by atoms with Gasteiger partial charge in [0, 0.05) is 23.5 Å². The van der Waals surface area contributed by atoms with Crippen LogP contribution in [-0.4, -0.2) is 29.0 Å². The third-order valence-corrected chi connectivity index (χ3v) is 3.42. The maximum absolute atomic E-state index is 5.20. The summed E-state index contributed by atoms with van der Waals surface area (Å²) in [7, 11) is 3.30. The van der Waals surface area contributed by atoms with E-state index in [0.717, 1.165) is 22.6 Å². The molecule has 2 aromatic heterocycles. The largest absolute Gasteiger partial charge is 0.497 e. The highest BCUT2D eigenvalue weighted by Gasteiger charge is 2.04. The zero-order chi connectivity index (χ0) is 15.4. The molecule has 5 nitrogen and oxygen atoms in total. The smallest absolute Gasteiger partial charge is 0.137 e. The average Bonchev–Trinajstić information content (AvgIpc) is 3.04. The fraction of sp³-hybridized carbons (Fsp3) is 0.176. The van der Waals surface area contributed by atoms with E-state index in [0.29, 0.717) is 6.54 Å². The Hall–Kier alpha value is -2.82. The molecule has 0 aliphatic rings. The molecule has 0 fully saturated rings. The Morgan fingerprint density at radius 2 is 1.68 bits per heavy atom. The van der Waals surface area contributed by atoms with Gasteiger partial charge in [-0.15, -0.1) is 0 Å². The van der Waals surface area contributed by atoms with E-state index in [1.54, 1.807) is 26.6 Å². The van der Waals surface area contributed by atoms with Crippen molar-refractivity contribution in [3.05, 3.63) is 60.7 Å². The van der Waals surface area contributed by atoms with Crippen LogP contribution in [-0.2, 0) is 6.54 Å². The summed E-state index contributed by atoms with van der Waals surface area (Å²) >= 11 is 0. The second-order valence-electron chi connectivity index (χ2n) is 4.89. The first-order chi connectivity index (χ1) is 10.8. The summed E-state index contributed by atoms with van der Waals surface area (Å²) < 4.78 is 12.3. The van der Waals surface area contributed by atoms with Gasteiger partial charge in [-0.3, -0.25) is 9.67 Å². The van der Waals surface area contributed by atoms with Gasteiger partial charge >= 0.3 is 0 Å². The van der Waals surface area contributed by atoms with Crippen LogP contribution in [0.15, 0.2) is 55.1 Å². The van der Waals surface area contributed by atoms with Gasteiger partial charge < -0.3 is 9.47 Å². The molecule has 0 saturated carbocycles. The second-order valence-corrected chi connectivity index (χ2v) is 4.89. The first-order valence-corrected chi connectivity index (χ1v) is 6.93. The summed E-state index contributed by atoms with van der Waals surface area (Å²) in [6, 6.07) is 9.92. The number of pyridine rings is 1. The quantitative estimate of drug-likeness (QED) is 0.726. The normalized spacial score (nSPS) is 10.5. The van der Waals surface area contributed by atoms with Crippen molar-refractivity contribution in [2.24, 2.45) is 0 Å². The number of ether oxygens (including phenoxy) is 2. The third-order valence-electron chi connectivity index (χ3n) is 3.42. The molecular formula is C17H17N3O2. The highest BCUT2D eigenvalue weighted by Crippen LogP contribution is 2.22. The van der Waals surface area contributed by atoms with Crippen LogP contribution in [0.2, 0.25) is 0 Å². The first-order valence-electron chi connectivity index (χ1n) is 6.93. The molecular weight excluding hydrogens is 278 g/mol. The average molecular weight is 295 g/mol. The highest BCUT2D eigenvalue weighted by atomic mass is 16.5. The minimum atomic E-state index is 0.710. The first kappa shape index (κ1) is 14.1. The van der Waals surface area contributed by atoms with Gasteiger partial charge in [0.05, 0.1) is 33.2 Å². The molecule has 0 unspecified atom stereocenters. The molecule has 0 spiro atoms. The molecule has 0 aliphatic carbocycles. The van der Waals surface area contributed by atoms with Crippen molar-refractivity contribution < 1.29 is 9.47 Å². The molecule has 3 rings (SSSR count). The maximum Gasteiger partial charge on any atom is 0.137 e. The van der Waals surface area contributed by atoms with E-state index in [-0.39, 0.29) is 0 Å². The summed E-state index contributed by atoms with van der Waals surface area (Å²) in [5.74, 6) is 1.59. The molecule has 2 heterocycles. The monoisotopic (exact) mass is 295 g/mol. The fourth-order valence-corrected chi connectivity index (χ4v) is 2.21. The molecule has 3 aromatic rings. The summed E-state index contributed by atoms with van der Waals surface area (Å²) in [5.41, 5.74) is 3.17. The van der Waals surface area contributed by atoms with E-state index in [2.05, 4.69) is 10.1 Å². The second kappa shape index (κ2) is 6.30. The van der Waals surface area contributed by atoms with Crippen LogP contribution in [0.4, 0.5) is 0 Å². The van der Waals surface area contributed by atoms with E-state index in [4.69, 9.17) is 9.47 Å². The van der Waals surface area contributed by atoms with Crippen LogP contribution in [0.5, 0.6) is 11.5 Å². The zero-order valence-corrected chi connectivity index (χ0v) is 12.6. The Kier molecular flexibility index (Phi) is 4.05. The molecule has 22 heavy (non-hydrogen) atoms. The van der Waals surface area contributed by atoms with Crippen molar-refractivity contribution in [1.29, 1.82) is 0 Å². The van der Waals surface area contributed by atoms with Crippen LogP contribution < -0.4 is 9.47 Å². The van der Waals surface area contributed by atoms with Gasteiger partial charge in [0.1, 0.15) is 11.5 Å². The van der Waals surface area contributed by atoms with E-state index in [1.807, 2.05) is 47.4 Å². The number of rotatable bonds is 5. The van der Waals surface area contributed by atoms with E-state index < -0.39 is 0 Å². The Morgan fingerprint density at radius 1 is 0.909 bits per heavy atom. The van der Waals surface area contributed by atoms with Crippen molar-refractivity contribution >= 4 is 0 Å². The molecule has 0 saturated heterocycles. The predicted octanol–water partition coefficient (Wildman–Crippen LogP) is 3.01. The van der Waals surface area contributed by atoms with Gasteiger partial charge in [0.15, 0.2) is 0 Å². The van der Waals surface area contributed by atoms with E-state index >= 15 is 0 Å². The van der Waals surface area contributed by atoms with Crippen LogP contribution in [0.25, 0.3) is 11.1 Å².